The number of hydrogen-bond donors (Lipinski definition) is 2. The molecular formula is C22H29F3N4O2. The third-order valence-corrected chi connectivity index (χ3v) is 6.96. The summed E-state index contributed by atoms with van der Waals surface area (Å²) < 4.78 is 42.2. The Balaban J connectivity index is 1.56. The summed E-state index contributed by atoms with van der Waals surface area (Å²) in [4.78, 5) is 24.2. The molecule has 2 amide bonds. The number of nitrogens with one attached hydrogen (secondary N) is 2. The molecule has 31 heavy (non-hydrogen) atoms. The molecule has 1 heterocycles. The molecule has 0 radical (unpaired) electrons. The molecule has 4 aliphatic rings. The quantitative estimate of drug-likeness (QED) is 0.734. The summed E-state index contributed by atoms with van der Waals surface area (Å²) in [6.07, 6.45) is 4.28. The van der Waals surface area contributed by atoms with Crippen LogP contribution >= 0.6 is 0 Å². The average molecular weight is 438 g/mol. The van der Waals surface area contributed by atoms with E-state index >= 15 is 0 Å². The molecule has 4 saturated carbocycles. The van der Waals surface area contributed by atoms with Crippen LogP contribution in [0.1, 0.15) is 68.9 Å². The minimum Gasteiger partial charge on any atom is -0.349 e. The molecule has 6 nitrogen and oxygen atoms in total. The van der Waals surface area contributed by atoms with Crippen LogP contribution in [0.3, 0.4) is 0 Å². The van der Waals surface area contributed by atoms with Crippen molar-refractivity contribution >= 4 is 18.0 Å². The third kappa shape index (κ3) is 4.50. The van der Waals surface area contributed by atoms with Crippen LogP contribution in [-0.4, -0.2) is 33.2 Å². The molecule has 0 atom stereocenters. The Kier molecular flexibility index (Phi) is 5.42. The van der Waals surface area contributed by atoms with Gasteiger partial charge < -0.3 is 10.6 Å². The van der Waals surface area contributed by atoms with Crippen LogP contribution in [0.5, 0.6) is 0 Å². The number of aromatic nitrogens is 2. The van der Waals surface area contributed by atoms with E-state index in [1.54, 1.807) is 13.8 Å². The maximum absolute atomic E-state index is 13.9. The fourth-order valence-corrected chi connectivity index (χ4v) is 6.07. The molecule has 2 N–H and O–H groups in total. The smallest absolute Gasteiger partial charge is 0.349 e. The van der Waals surface area contributed by atoms with Crippen molar-refractivity contribution in [1.29, 1.82) is 0 Å². The van der Waals surface area contributed by atoms with Gasteiger partial charge in [0, 0.05) is 19.2 Å². The second-order valence-electron chi connectivity index (χ2n) is 10.00. The molecule has 0 aliphatic heterocycles. The van der Waals surface area contributed by atoms with E-state index < -0.39 is 28.9 Å². The molecule has 0 spiro atoms. The largest absolute Gasteiger partial charge is 0.434 e. The number of carbonyl (C=O) groups excluding carboxylic acids is 2. The zero-order chi connectivity index (χ0) is 22.6. The average Bonchev–Trinajstić information content (AvgIpc) is 3.06. The van der Waals surface area contributed by atoms with E-state index in [1.807, 2.05) is 0 Å². The van der Waals surface area contributed by atoms with Crippen LogP contribution in [0.4, 0.5) is 13.2 Å². The van der Waals surface area contributed by atoms with Crippen LogP contribution in [0.15, 0.2) is 12.3 Å². The van der Waals surface area contributed by atoms with Crippen LogP contribution in [0, 0.1) is 23.7 Å². The standard InChI is InChI=1S/C22H29F3N4O2/c1-12(30)28-21(2,3)4-5-29-19(22(23,24)25)17(11-26-29)20(31)27-18-15-7-13-6-14(9-15)10-16(18)8-13/h4-5,11,13-16,18H,6-10H2,1-3H3,(H,27,31)(H,28,30)/b5-4+. The molecule has 4 bridgehead atoms. The first-order valence-electron chi connectivity index (χ1n) is 10.9. The summed E-state index contributed by atoms with van der Waals surface area (Å²) in [5.41, 5.74) is -2.45. The predicted molar refractivity (Wildman–Crippen MR) is 109 cm³/mol. The van der Waals surface area contributed by atoms with Gasteiger partial charge in [0.05, 0.1) is 17.3 Å². The second kappa shape index (κ2) is 7.67. The number of alkyl halides is 3. The highest BCUT2D eigenvalue weighted by Crippen LogP contribution is 2.53. The molecule has 9 heteroatoms. The van der Waals surface area contributed by atoms with Crippen molar-refractivity contribution < 1.29 is 22.8 Å². The molecule has 0 aromatic carbocycles. The van der Waals surface area contributed by atoms with Crippen molar-refractivity contribution in [1.82, 2.24) is 20.4 Å². The normalized spacial score (nSPS) is 30.1. The first-order chi connectivity index (χ1) is 14.4. The number of halogens is 3. The number of nitrogens with zero attached hydrogens (tertiary/aromatic N) is 2. The minimum absolute atomic E-state index is 0.0565. The van der Waals surface area contributed by atoms with Gasteiger partial charge in [-0.3, -0.25) is 9.59 Å². The highest BCUT2D eigenvalue weighted by Gasteiger charge is 2.49. The first kappa shape index (κ1) is 21.9. The Morgan fingerprint density at radius 2 is 1.68 bits per heavy atom. The van der Waals surface area contributed by atoms with Crippen LogP contribution < -0.4 is 10.6 Å². The minimum atomic E-state index is -4.75. The zero-order valence-electron chi connectivity index (χ0n) is 18.0. The van der Waals surface area contributed by atoms with Gasteiger partial charge in [0.15, 0.2) is 5.69 Å². The SMILES string of the molecule is CC(=O)NC(C)(C)/C=C/n1ncc(C(=O)NC2C3CC4CC(C3)CC2C4)c1C(F)(F)F. The number of amides is 2. The molecule has 5 rings (SSSR count). The Hall–Kier alpha value is -2.32. The van der Waals surface area contributed by atoms with Gasteiger partial charge in [-0.25, -0.2) is 4.68 Å². The summed E-state index contributed by atoms with van der Waals surface area (Å²) in [6.45, 7) is 4.64. The molecule has 4 fully saturated rings. The molecule has 4 aliphatic carbocycles. The van der Waals surface area contributed by atoms with Gasteiger partial charge >= 0.3 is 6.18 Å². The predicted octanol–water partition coefficient (Wildman–Crippen LogP) is 3.84. The molecule has 1 aromatic rings. The van der Waals surface area contributed by atoms with E-state index in [-0.39, 0.29) is 11.9 Å². The molecule has 170 valence electrons. The lowest BCUT2D eigenvalue weighted by atomic mass is 9.54. The Bertz CT molecular complexity index is 875. The monoisotopic (exact) mass is 438 g/mol. The zero-order valence-corrected chi connectivity index (χ0v) is 18.0. The van der Waals surface area contributed by atoms with E-state index in [0.717, 1.165) is 38.1 Å². The van der Waals surface area contributed by atoms with Gasteiger partial charge in [-0.2, -0.15) is 18.3 Å². The highest BCUT2D eigenvalue weighted by atomic mass is 19.4. The molecule has 0 unspecified atom stereocenters. The summed E-state index contributed by atoms with van der Waals surface area (Å²) in [6, 6.07) is -0.0565. The van der Waals surface area contributed by atoms with Crippen LogP contribution in [0.2, 0.25) is 0 Å². The topological polar surface area (TPSA) is 76.0 Å². The summed E-state index contributed by atoms with van der Waals surface area (Å²) in [7, 11) is 0. The van der Waals surface area contributed by atoms with Gasteiger partial charge in [0.2, 0.25) is 5.91 Å². The van der Waals surface area contributed by atoms with Gasteiger partial charge in [-0.1, -0.05) is 0 Å². The van der Waals surface area contributed by atoms with E-state index in [1.165, 1.54) is 19.4 Å². The lowest BCUT2D eigenvalue weighted by molar-refractivity contribution is -0.142. The molecule has 0 saturated heterocycles. The summed E-state index contributed by atoms with van der Waals surface area (Å²) in [5, 5.41) is 9.37. The lowest BCUT2D eigenvalue weighted by Crippen LogP contribution is -2.55. The third-order valence-electron chi connectivity index (χ3n) is 6.96. The van der Waals surface area contributed by atoms with Crippen LogP contribution in [-0.2, 0) is 11.0 Å². The second-order valence-corrected chi connectivity index (χ2v) is 10.00. The van der Waals surface area contributed by atoms with E-state index in [4.69, 9.17) is 0 Å². The molecule has 1 aromatic heterocycles. The van der Waals surface area contributed by atoms with Crippen molar-refractivity contribution in [2.75, 3.05) is 0 Å². The van der Waals surface area contributed by atoms with Gasteiger partial charge in [-0.15, -0.1) is 0 Å². The van der Waals surface area contributed by atoms with E-state index in [2.05, 4.69) is 15.7 Å². The van der Waals surface area contributed by atoms with Crippen molar-refractivity contribution in [2.24, 2.45) is 23.7 Å². The Morgan fingerprint density at radius 1 is 1.10 bits per heavy atom. The fraction of sp³-hybridized carbons (Fsp3) is 0.682. The van der Waals surface area contributed by atoms with Crippen molar-refractivity contribution in [3.05, 3.63) is 23.5 Å². The summed E-state index contributed by atoms with van der Waals surface area (Å²) >= 11 is 0. The van der Waals surface area contributed by atoms with Crippen LogP contribution in [0.25, 0.3) is 6.20 Å². The summed E-state index contributed by atoms with van der Waals surface area (Å²) in [5.74, 6) is 1.13. The van der Waals surface area contributed by atoms with Gasteiger partial charge in [0.1, 0.15) is 0 Å². The number of rotatable bonds is 5. The Morgan fingerprint density at radius 3 is 2.19 bits per heavy atom. The maximum atomic E-state index is 13.9. The highest BCUT2D eigenvalue weighted by molar-refractivity contribution is 5.95. The van der Waals surface area contributed by atoms with Gasteiger partial charge in [0.25, 0.3) is 5.91 Å². The van der Waals surface area contributed by atoms with Crippen molar-refractivity contribution in [3.63, 3.8) is 0 Å². The van der Waals surface area contributed by atoms with E-state index in [9.17, 15) is 22.8 Å². The maximum Gasteiger partial charge on any atom is 0.434 e. The Labute approximate surface area is 179 Å². The number of carbonyl (C=O) groups is 2. The van der Waals surface area contributed by atoms with E-state index in [0.29, 0.717) is 28.4 Å². The lowest BCUT2D eigenvalue weighted by Gasteiger charge is -2.54. The fourth-order valence-electron chi connectivity index (χ4n) is 6.07. The number of hydrogen-bond acceptors (Lipinski definition) is 3. The first-order valence-corrected chi connectivity index (χ1v) is 10.9. The van der Waals surface area contributed by atoms with Gasteiger partial charge in [-0.05, 0) is 75.7 Å². The van der Waals surface area contributed by atoms with Crippen molar-refractivity contribution in [2.45, 2.75) is 70.6 Å². The molecular weight excluding hydrogens is 409 g/mol. The van der Waals surface area contributed by atoms with Crippen molar-refractivity contribution in [3.8, 4) is 0 Å².